The van der Waals surface area contributed by atoms with Gasteiger partial charge in [-0.1, -0.05) is 0 Å². The van der Waals surface area contributed by atoms with Gasteiger partial charge in [0.15, 0.2) is 0 Å². The summed E-state index contributed by atoms with van der Waals surface area (Å²) in [6.07, 6.45) is 0. The van der Waals surface area contributed by atoms with Gasteiger partial charge in [-0.3, -0.25) is 0 Å². The Bertz CT molecular complexity index is 29.5. The molecule has 0 aliphatic carbocycles. The Morgan fingerprint density at radius 1 is 0.875 bits per heavy atom. The summed E-state index contributed by atoms with van der Waals surface area (Å²) in [5, 5.41) is 0. The molecule has 0 aromatic heterocycles. The molecule has 8 heavy (non-hydrogen) atoms. The van der Waals surface area contributed by atoms with Crippen LogP contribution in [0.5, 0.6) is 0 Å². The molecule has 0 aromatic rings. The van der Waals surface area contributed by atoms with Gasteiger partial charge in [0.2, 0.25) is 0 Å². The average Bonchev–Trinajstić information content (AvgIpc) is 0.722. The summed E-state index contributed by atoms with van der Waals surface area (Å²) in [6, 6.07) is 0. The molecule has 0 heterocycles. The van der Waals surface area contributed by atoms with Crippen LogP contribution in [0.25, 0.3) is 0 Å². The molecule has 4 nitrogen and oxygen atoms in total. The molecule has 58 valence electrons. The van der Waals surface area contributed by atoms with E-state index in [-0.39, 0.29) is 80.5 Å². The summed E-state index contributed by atoms with van der Waals surface area (Å²) in [5.74, 6) is 0. The summed E-state index contributed by atoms with van der Waals surface area (Å²) >= 11 is 0. The molecule has 0 saturated carbocycles. The van der Waals surface area contributed by atoms with Gasteiger partial charge in [0.1, 0.15) is 0 Å². The predicted molar refractivity (Wildman–Crippen MR) is 26.0 cm³/mol. The normalized spacial score (nSPS) is 7.50. The van der Waals surface area contributed by atoms with Crippen LogP contribution in [-0.2, 0) is 32.7 Å². The molecule has 0 saturated heterocycles. The Morgan fingerprint density at radius 3 is 0.875 bits per heavy atom. The van der Waals surface area contributed by atoms with Gasteiger partial charge in [0.25, 0.3) is 0 Å². The maximum Gasteiger partial charge on any atom is 0.668 e. The second-order valence-corrected chi connectivity index (χ2v) is 1.80. The molecule has 0 atom stereocenters. The monoisotopic (exact) mass is 392 g/mol. The fourth-order valence-electron chi connectivity index (χ4n) is 0. The van der Waals surface area contributed by atoms with Gasteiger partial charge in [-0.15, -0.1) is 0 Å². The Hall–Kier alpha value is 2.61. The molecule has 0 unspecified atom stereocenters. The van der Waals surface area contributed by atoms with Crippen molar-refractivity contribution in [3.63, 3.8) is 0 Å². The van der Waals surface area contributed by atoms with Crippen LogP contribution in [0.1, 0.15) is 0 Å². The minimum absolute atomic E-state index is 0. The van der Waals surface area contributed by atoms with Crippen LogP contribution in [0.2, 0.25) is 0 Å². The van der Waals surface area contributed by atoms with Gasteiger partial charge >= 0.3 is 9.05 Å². The first-order chi connectivity index (χ1) is 2.00. The molecule has 0 spiro atoms. The van der Waals surface area contributed by atoms with Crippen molar-refractivity contribution in [2.75, 3.05) is 0 Å². The second-order valence-electron chi connectivity index (χ2n) is 0.600. The van der Waals surface area contributed by atoms with Crippen molar-refractivity contribution in [3.05, 3.63) is 0 Å². The summed E-state index contributed by atoms with van der Waals surface area (Å²) in [4.78, 5) is 29.3. The van der Waals surface area contributed by atoms with E-state index in [4.69, 9.17) is 19.2 Å². The average molecular weight is 392 g/mol. The van der Waals surface area contributed by atoms with Crippen molar-refractivity contribution in [1.29, 1.82) is 0 Å². The molecular formula is H8LuO4Si2Y. The van der Waals surface area contributed by atoms with Crippen LogP contribution in [0, 0.1) is 36.9 Å². The Balaban J connectivity index is -0.0000000267. The zero-order valence-electron chi connectivity index (χ0n) is 3.12. The van der Waals surface area contributed by atoms with Gasteiger partial charge in [-0.2, -0.15) is 0 Å². The number of rotatable bonds is 0. The first-order valence-corrected chi connectivity index (χ1v) is 2.68. The van der Waals surface area contributed by atoms with Gasteiger partial charge in [0.05, 0.1) is 0 Å². The molecule has 0 aromatic carbocycles. The fraction of sp³-hybridized carbons (Fsp3) is 0. The summed E-state index contributed by atoms with van der Waals surface area (Å²) in [7, 11) is -4.61. The maximum atomic E-state index is 7.33. The minimum Gasteiger partial charge on any atom is -0.368 e. The van der Waals surface area contributed by atoms with E-state index < -0.39 is 9.05 Å². The van der Waals surface area contributed by atoms with Crippen molar-refractivity contribution < 1.29 is 88.8 Å². The van der Waals surface area contributed by atoms with E-state index in [0.29, 0.717) is 0 Å². The third-order valence-electron chi connectivity index (χ3n) is 0. The van der Waals surface area contributed by atoms with Crippen LogP contribution in [0.15, 0.2) is 0 Å². The molecule has 4 N–H and O–H groups in total. The third kappa shape index (κ3) is 73.2. The Labute approximate surface area is 107 Å². The minimum atomic E-state index is -4.61. The zero-order valence-corrected chi connectivity index (χ0v) is 8.62. The zero-order chi connectivity index (χ0) is 4.50. The predicted octanol–water partition coefficient (Wildman–Crippen LogP) is -4.06. The van der Waals surface area contributed by atoms with E-state index in [1.54, 1.807) is 0 Å². The van der Waals surface area contributed by atoms with Crippen LogP contribution in [0.3, 0.4) is 0 Å². The van der Waals surface area contributed by atoms with E-state index in [9.17, 15) is 0 Å². The number of hydrogen-bond acceptors (Lipinski definition) is 4. The quantitative estimate of drug-likeness (QED) is 0.317. The van der Waals surface area contributed by atoms with Crippen LogP contribution >= 0.6 is 0 Å². The van der Waals surface area contributed by atoms with Crippen molar-refractivity contribution in [1.82, 2.24) is 0 Å². The molecule has 0 aliphatic rings. The fourth-order valence-corrected chi connectivity index (χ4v) is 0. The smallest absolute Gasteiger partial charge is 0.368 e. The van der Waals surface area contributed by atoms with E-state index in [2.05, 4.69) is 0 Å². The van der Waals surface area contributed by atoms with E-state index in [1.165, 1.54) is 0 Å². The SMILES string of the molecule is O[Si](O)(O)O.[Lu].[SiH4].[Y]. The van der Waals surface area contributed by atoms with Crippen LogP contribution in [-0.4, -0.2) is 39.2 Å². The first kappa shape index (κ1) is 22.4. The third-order valence-corrected chi connectivity index (χ3v) is 0. The maximum absolute atomic E-state index is 7.33. The van der Waals surface area contributed by atoms with Gasteiger partial charge in [-0.25, -0.2) is 0 Å². The van der Waals surface area contributed by atoms with E-state index in [1.807, 2.05) is 0 Å². The van der Waals surface area contributed by atoms with E-state index in [0.717, 1.165) is 0 Å². The van der Waals surface area contributed by atoms with E-state index >= 15 is 0 Å². The van der Waals surface area contributed by atoms with Crippen molar-refractivity contribution in [3.8, 4) is 0 Å². The second kappa shape index (κ2) is 9.61. The molecule has 0 aliphatic heterocycles. The van der Waals surface area contributed by atoms with Gasteiger partial charge in [0, 0.05) is 69.6 Å². The van der Waals surface area contributed by atoms with Gasteiger partial charge in [-0.05, 0) is 11.0 Å². The molecule has 8 heteroatoms. The molecule has 0 amide bonds. The summed E-state index contributed by atoms with van der Waals surface area (Å²) in [6.45, 7) is 0. The molecular weight excluding hydrogens is 384 g/mol. The van der Waals surface area contributed by atoms with Crippen molar-refractivity contribution in [2.45, 2.75) is 0 Å². The summed E-state index contributed by atoms with van der Waals surface area (Å²) in [5.41, 5.74) is 0. The summed E-state index contributed by atoms with van der Waals surface area (Å²) < 4.78 is 0. The van der Waals surface area contributed by atoms with Crippen LogP contribution < -0.4 is 0 Å². The largest absolute Gasteiger partial charge is 0.668 e. The molecule has 0 rings (SSSR count). The first-order valence-electron chi connectivity index (χ1n) is 0.894. The van der Waals surface area contributed by atoms with Crippen LogP contribution in [0.4, 0.5) is 0 Å². The molecule has 0 bridgehead atoms. The molecule has 2 radical (unpaired) electrons. The Morgan fingerprint density at radius 2 is 0.875 bits per heavy atom. The Kier molecular flexibility index (Phi) is 26.9. The van der Waals surface area contributed by atoms with Gasteiger partial charge < -0.3 is 19.2 Å². The molecule has 0 fully saturated rings. The number of hydrogen-bond donors (Lipinski definition) is 4. The standard InChI is InChI=1S/Lu.H4O4Si.H4Si.Y/c;1-5(2,3)4;;/h;1-4H;1H4;. The topological polar surface area (TPSA) is 80.9 Å². The van der Waals surface area contributed by atoms with Crippen molar-refractivity contribution >= 4 is 20.0 Å². The van der Waals surface area contributed by atoms with Crippen molar-refractivity contribution in [2.24, 2.45) is 0 Å².